The largest absolute Gasteiger partial charge is 0.458 e. The van der Waals surface area contributed by atoms with Gasteiger partial charge in [0.25, 0.3) is 0 Å². The van der Waals surface area contributed by atoms with Crippen LogP contribution < -0.4 is 5.32 Å². The lowest BCUT2D eigenvalue weighted by molar-refractivity contribution is -0.201. The van der Waals surface area contributed by atoms with Gasteiger partial charge >= 0.3 is 5.97 Å². The molecule has 0 aromatic heterocycles. The molecule has 1 aliphatic carbocycles. The van der Waals surface area contributed by atoms with Crippen LogP contribution in [-0.2, 0) is 40.0 Å². The van der Waals surface area contributed by atoms with E-state index < -0.39 is 41.8 Å². The van der Waals surface area contributed by atoms with Gasteiger partial charge in [0.05, 0.1) is 13.2 Å². The summed E-state index contributed by atoms with van der Waals surface area (Å²) >= 11 is 0. The van der Waals surface area contributed by atoms with Crippen molar-refractivity contribution in [3.8, 4) is 0 Å². The highest BCUT2D eigenvalue weighted by molar-refractivity contribution is 5.94. The van der Waals surface area contributed by atoms with E-state index >= 15 is 0 Å². The summed E-state index contributed by atoms with van der Waals surface area (Å²) in [6.07, 6.45) is 0.924. The van der Waals surface area contributed by atoms with Crippen molar-refractivity contribution in [2.24, 2.45) is 5.41 Å². The molecule has 0 unspecified atom stereocenters. The summed E-state index contributed by atoms with van der Waals surface area (Å²) in [7, 11) is 3.34. The maximum Gasteiger partial charge on any atom is 0.327 e. The van der Waals surface area contributed by atoms with E-state index in [2.05, 4.69) is 5.32 Å². The highest BCUT2D eigenvalue weighted by atomic mass is 16.8. The molecular formula is C24H29N3O8. The number of carbonyl (C=O) groups excluding carboxylic acids is 3. The fourth-order valence-electron chi connectivity index (χ4n) is 5.49. The fraction of sp³-hybridized carbons (Fsp3) is 0.542. The van der Waals surface area contributed by atoms with Gasteiger partial charge < -0.3 is 29.5 Å². The number of esters is 1. The number of fused-ring (bicyclic) bond motifs is 4. The first-order chi connectivity index (χ1) is 16.9. The van der Waals surface area contributed by atoms with Crippen molar-refractivity contribution in [1.82, 2.24) is 15.3 Å². The normalized spacial score (nSPS) is 33.5. The Morgan fingerprint density at radius 2 is 2.03 bits per heavy atom. The van der Waals surface area contributed by atoms with Crippen molar-refractivity contribution in [3.63, 3.8) is 0 Å². The van der Waals surface area contributed by atoms with E-state index in [4.69, 9.17) is 19.0 Å². The molecule has 11 nitrogen and oxygen atoms in total. The summed E-state index contributed by atoms with van der Waals surface area (Å²) < 4.78 is 17.2. The summed E-state index contributed by atoms with van der Waals surface area (Å²) in [4.78, 5) is 46.6. The predicted octanol–water partition coefficient (Wildman–Crippen LogP) is -0.562. The SMILES string of the molecule is CN(C)C(=O)C=Cc1ccccc1CN1O[C@@H]2[C@H]3OCO[C@H]3[C@@H]3C[C@]2(C(=O)NCCO)[C@@H]1C(=O)O3. The zero-order valence-corrected chi connectivity index (χ0v) is 19.6. The fourth-order valence-corrected chi connectivity index (χ4v) is 5.49. The molecule has 11 heteroatoms. The van der Waals surface area contributed by atoms with Crippen LogP contribution in [0.15, 0.2) is 30.3 Å². The van der Waals surface area contributed by atoms with E-state index in [0.717, 1.165) is 11.1 Å². The minimum atomic E-state index is -1.25. The zero-order chi connectivity index (χ0) is 24.7. The summed E-state index contributed by atoms with van der Waals surface area (Å²) in [6, 6.07) is 6.44. The second kappa shape index (κ2) is 9.32. The van der Waals surface area contributed by atoms with Gasteiger partial charge in [0, 0.05) is 33.1 Å². The number of nitrogens with one attached hydrogen (secondary N) is 1. The highest BCUT2D eigenvalue weighted by Gasteiger charge is 2.74. The lowest BCUT2D eigenvalue weighted by Crippen LogP contribution is -2.69. The van der Waals surface area contributed by atoms with Crippen LogP contribution in [0, 0.1) is 5.41 Å². The second-order valence-electron chi connectivity index (χ2n) is 9.35. The standard InChI is InChI=1S/C24H29N3O8/c1-26(2)17(29)8-7-14-5-3-4-6-15(14)12-27-20-22(30)34-16-11-24(20,23(31)25-9-10-28)21(35-27)19-18(16)32-13-33-19/h3-8,16,18-21,28H,9-13H2,1-2H3,(H,25,31)/t16-,18-,19-,20-,21+,24-/m0/s1. The van der Waals surface area contributed by atoms with Gasteiger partial charge in [0.2, 0.25) is 11.8 Å². The number of aliphatic hydroxyl groups excluding tert-OH is 1. The van der Waals surface area contributed by atoms with Gasteiger partial charge in [-0.2, -0.15) is 5.06 Å². The van der Waals surface area contributed by atoms with Gasteiger partial charge in [0.15, 0.2) is 6.04 Å². The number of hydrogen-bond donors (Lipinski definition) is 2. The topological polar surface area (TPSA) is 127 Å². The van der Waals surface area contributed by atoms with Crippen LogP contribution in [-0.4, -0.2) is 97.4 Å². The Morgan fingerprint density at radius 1 is 1.26 bits per heavy atom. The molecule has 3 heterocycles. The van der Waals surface area contributed by atoms with Gasteiger partial charge in [-0.1, -0.05) is 24.3 Å². The first-order valence-electron chi connectivity index (χ1n) is 11.6. The van der Waals surface area contributed by atoms with Gasteiger partial charge in [0.1, 0.15) is 36.6 Å². The van der Waals surface area contributed by atoms with Crippen molar-refractivity contribution >= 4 is 23.9 Å². The summed E-state index contributed by atoms with van der Waals surface area (Å²) in [6.45, 7) is 0.0199. The number of nitrogens with zero attached hydrogens (tertiary/aromatic N) is 2. The third-order valence-electron chi connectivity index (χ3n) is 7.12. The first kappa shape index (κ1) is 23.9. The Morgan fingerprint density at radius 3 is 2.80 bits per heavy atom. The molecule has 2 bridgehead atoms. The molecule has 6 atom stereocenters. The van der Waals surface area contributed by atoms with Crippen molar-refractivity contribution in [1.29, 1.82) is 0 Å². The van der Waals surface area contributed by atoms with Crippen molar-refractivity contribution in [2.45, 2.75) is 43.4 Å². The van der Waals surface area contributed by atoms with Gasteiger partial charge in [-0.25, -0.2) is 0 Å². The predicted molar refractivity (Wildman–Crippen MR) is 120 cm³/mol. The molecule has 1 aromatic rings. The second-order valence-corrected chi connectivity index (χ2v) is 9.35. The molecule has 4 fully saturated rings. The molecular weight excluding hydrogens is 458 g/mol. The number of aliphatic hydroxyl groups is 1. The molecule has 1 saturated carbocycles. The number of hydroxylamine groups is 2. The Hall–Kier alpha value is -2.83. The molecule has 3 aliphatic heterocycles. The monoisotopic (exact) mass is 487 g/mol. The summed E-state index contributed by atoms with van der Waals surface area (Å²) in [5.41, 5.74) is 0.325. The number of likely N-dealkylation sites (N-methyl/N-ethyl adjacent to an activating group) is 1. The Bertz CT molecular complexity index is 1050. The Balaban J connectivity index is 1.49. The molecule has 188 valence electrons. The maximum absolute atomic E-state index is 13.5. The number of ether oxygens (including phenoxy) is 3. The molecule has 2 N–H and O–H groups in total. The van der Waals surface area contributed by atoms with E-state index in [1.807, 2.05) is 24.3 Å². The van der Waals surface area contributed by atoms with E-state index in [9.17, 15) is 19.5 Å². The summed E-state index contributed by atoms with van der Waals surface area (Å²) in [5.74, 6) is -1.11. The average Bonchev–Trinajstić information content (AvgIpc) is 3.46. The number of benzene rings is 1. The molecule has 1 aromatic carbocycles. The summed E-state index contributed by atoms with van der Waals surface area (Å²) in [5, 5.41) is 13.5. The third-order valence-corrected chi connectivity index (χ3v) is 7.12. The number of hydrogen-bond acceptors (Lipinski definition) is 9. The number of rotatable bonds is 7. The van der Waals surface area contributed by atoms with Crippen LogP contribution in [0.25, 0.3) is 6.08 Å². The zero-order valence-electron chi connectivity index (χ0n) is 19.6. The van der Waals surface area contributed by atoms with Crippen LogP contribution in [0.2, 0.25) is 0 Å². The first-order valence-corrected chi connectivity index (χ1v) is 11.6. The molecule has 0 radical (unpaired) electrons. The van der Waals surface area contributed by atoms with Crippen LogP contribution in [0.1, 0.15) is 17.5 Å². The van der Waals surface area contributed by atoms with Crippen LogP contribution in [0.5, 0.6) is 0 Å². The molecule has 5 rings (SSSR count). The van der Waals surface area contributed by atoms with E-state index in [1.165, 1.54) is 16.0 Å². The molecule has 3 saturated heterocycles. The molecule has 2 amide bonds. The minimum Gasteiger partial charge on any atom is -0.458 e. The number of carbonyl (C=O) groups is 3. The Labute approximate surface area is 202 Å². The van der Waals surface area contributed by atoms with Crippen molar-refractivity contribution in [2.75, 3.05) is 34.0 Å². The Kier molecular flexibility index (Phi) is 6.36. The van der Waals surface area contributed by atoms with E-state index in [-0.39, 0.29) is 44.7 Å². The quantitative estimate of drug-likeness (QED) is 0.384. The number of amides is 2. The molecule has 35 heavy (non-hydrogen) atoms. The lowest BCUT2D eigenvalue weighted by atomic mass is 9.62. The lowest BCUT2D eigenvalue weighted by Gasteiger charge is -2.48. The molecule has 0 spiro atoms. The van der Waals surface area contributed by atoms with Crippen LogP contribution >= 0.6 is 0 Å². The van der Waals surface area contributed by atoms with Crippen LogP contribution in [0.4, 0.5) is 0 Å². The molecule has 4 aliphatic rings. The highest BCUT2D eigenvalue weighted by Crippen LogP contribution is 2.55. The van der Waals surface area contributed by atoms with Gasteiger partial charge in [-0.15, -0.1) is 0 Å². The van der Waals surface area contributed by atoms with E-state index in [1.54, 1.807) is 20.2 Å². The van der Waals surface area contributed by atoms with Gasteiger partial charge in [-0.3, -0.25) is 19.2 Å². The third kappa shape index (κ3) is 3.93. The van der Waals surface area contributed by atoms with Crippen LogP contribution in [0.3, 0.4) is 0 Å². The maximum atomic E-state index is 13.5. The van der Waals surface area contributed by atoms with Gasteiger partial charge in [-0.05, 0) is 17.2 Å². The minimum absolute atomic E-state index is 0.0236. The average molecular weight is 488 g/mol. The smallest absolute Gasteiger partial charge is 0.327 e. The van der Waals surface area contributed by atoms with E-state index in [0.29, 0.717) is 0 Å². The van der Waals surface area contributed by atoms with Crippen molar-refractivity contribution in [3.05, 3.63) is 41.5 Å². The van der Waals surface area contributed by atoms with Crippen molar-refractivity contribution < 1.29 is 38.5 Å².